The zero-order valence-electron chi connectivity index (χ0n) is 15.9. The average Bonchev–Trinajstić information content (AvgIpc) is 3.19. The summed E-state index contributed by atoms with van der Waals surface area (Å²) >= 11 is 0. The molecular weight excluding hydrogens is 344 g/mol. The first kappa shape index (κ1) is 19.0. The van der Waals surface area contributed by atoms with Crippen LogP contribution >= 0.6 is 0 Å². The van der Waals surface area contributed by atoms with Crippen LogP contribution in [0.5, 0.6) is 5.75 Å². The van der Waals surface area contributed by atoms with Crippen molar-refractivity contribution in [3.63, 3.8) is 0 Å². The maximum Gasteiger partial charge on any atom is 0.289 e. The first-order valence-corrected chi connectivity index (χ1v) is 9.35. The number of benzene rings is 1. The summed E-state index contributed by atoms with van der Waals surface area (Å²) in [5.41, 5.74) is 2.20. The molecule has 1 saturated heterocycles. The summed E-state index contributed by atoms with van der Waals surface area (Å²) in [7, 11) is 0. The van der Waals surface area contributed by atoms with Gasteiger partial charge in [-0.1, -0.05) is 12.1 Å². The Morgan fingerprint density at radius 3 is 2.70 bits per heavy atom. The van der Waals surface area contributed by atoms with Crippen LogP contribution in [-0.2, 0) is 4.79 Å². The predicted octanol–water partition coefficient (Wildman–Crippen LogP) is 3.09. The molecule has 0 atom stereocenters. The second kappa shape index (κ2) is 8.75. The third kappa shape index (κ3) is 5.12. The van der Waals surface area contributed by atoms with Gasteiger partial charge in [-0.2, -0.15) is 0 Å². The first-order chi connectivity index (χ1) is 13.0. The van der Waals surface area contributed by atoms with Crippen LogP contribution in [0.25, 0.3) is 0 Å². The van der Waals surface area contributed by atoms with E-state index in [9.17, 15) is 9.59 Å². The lowest BCUT2D eigenvalue weighted by Gasteiger charge is -2.31. The van der Waals surface area contributed by atoms with Crippen LogP contribution < -0.4 is 10.1 Å². The molecule has 6 heteroatoms. The number of piperidine rings is 1. The Morgan fingerprint density at radius 2 is 2.00 bits per heavy atom. The fourth-order valence-electron chi connectivity index (χ4n) is 3.20. The number of ether oxygens (including phenoxy) is 1. The zero-order valence-corrected chi connectivity index (χ0v) is 15.9. The second-order valence-electron chi connectivity index (χ2n) is 6.98. The van der Waals surface area contributed by atoms with Crippen LogP contribution in [0.3, 0.4) is 0 Å². The van der Waals surface area contributed by atoms with Gasteiger partial charge in [0.05, 0.1) is 19.3 Å². The molecule has 1 aliphatic rings. The predicted molar refractivity (Wildman–Crippen MR) is 102 cm³/mol. The lowest BCUT2D eigenvalue weighted by Crippen LogP contribution is -2.46. The normalized spacial score (nSPS) is 14.8. The van der Waals surface area contributed by atoms with Gasteiger partial charge in [-0.25, -0.2) is 0 Å². The van der Waals surface area contributed by atoms with Crippen molar-refractivity contribution in [2.24, 2.45) is 0 Å². The van der Waals surface area contributed by atoms with Crippen molar-refractivity contribution in [1.82, 2.24) is 10.2 Å². The molecule has 0 aliphatic carbocycles. The highest BCUT2D eigenvalue weighted by atomic mass is 16.5. The van der Waals surface area contributed by atoms with Crippen LogP contribution in [0.1, 0.15) is 40.9 Å². The van der Waals surface area contributed by atoms with Gasteiger partial charge < -0.3 is 19.4 Å². The summed E-state index contributed by atoms with van der Waals surface area (Å²) in [6, 6.07) is 9.52. The van der Waals surface area contributed by atoms with E-state index in [4.69, 9.17) is 9.15 Å². The highest BCUT2D eigenvalue weighted by molar-refractivity contribution is 5.91. The molecule has 144 valence electrons. The number of likely N-dealkylation sites (tertiary alicyclic amines) is 1. The van der Waals surface area contributed by atoms with Crippen molar-refractivity contribution in [2.45, 2.75) is 39.2 Å². The van der Waals surface area contributed by atoms with Gasteiger partial charge in [-0.15, -0.1) is 0 Å². The van der Waals surface area contributed by atoms with Crippen LogP contribution in [0, 0.1) is 13.8 Å². The Labute approximate surface area is 159 Å². The maximum absolute atomic E-state index is 12.2. The summed E-state index contributed by atoms with van der Waals surface area (Å²) in [5, 5.41) is 3.05. The fourth-order valence-corrected chi connectivity index (χ4v) is 3.20. The van der Waals surface area contributed by atoms with Crippen molar-refractivity contribution in [3.8, 4) is 5.75 Å². The number of aryl methyl sites for hydroxylation is 2. The topological polar surface area (TPSA) is 71.8 Å². The Bertz CT molecular complexity index is 777. The van der Waals surface area contributed by atoms with E-state index in [1.54, 1.807) is 17.0 Å². The Hall–Kier alpha value is -2.76. The standard InChI is InChI=1S/C21H26N2O4/c1-15-5-6-16(2)19(14-15)27-13-9-20(24)22-17-7-10-23(11-8-17)21(25)18-4-3-12-26-18/h3-6,12,14,17H,7-11,13H2,1-2H3,(H,22,24). The molecule has 1 fully saturated rings. The number of carbonyl (C=O) groups is 2. The molecule has 1 aliphatic heterocycles. The quantitative estimate of drug-likeness (QED) is 0.848. The van der Waals surface area contributed by atoms with Gasteiger partial charge in [0.2, 0.25) is 5.91 Å². The van der Waals surface area contributed by atoms with Gasteiger partial charge in [-0.3, -0.25) is 9.59 Å². The molecule has 0 bridgehead atoms. The van der Waals surface area contributed by atoms with E-state index >= 15 is 0 Å². The van der Waals surface area contributed by atoms with Gasteiger partial charge in [0, 0.05) is 19.1 Å². The number of furan rings is 1. The lowest BCUT2D eigenvalue weighted by molar-refractivity contribution is -0.122. The smallest absolute Gasteiger partial charge is 0.289 e. The van der Waals surface area contributed by atoms with E-state index < -0.39 is 0 Å². The molecular formula is C21H26N2O4. The molecule has 0 unspecified atom stereocenters. The number of hydrogen-bond donors (Lipinski definition) is 1. The minimum absolute atomic E-state index is 0.0175. The van der Waals surface area contributed by atoms with E-state index in [1.807, 2.05) is 32.0 Å². The summed E-state index contributed by atoms with van der Waals surface area (Å²) in [5.74, 6) is 1.08. The number of rotatable bonds is 6. The summed E-state index contributed by atoms with van der Waals surface area (Å²) in [6.45, 7) is 5.59. The van der Waals surface area contributed by atoms with E-state index in [2.05, 4.69) is 5.32 Å². The number of carbonyl (C=O) groups excluding carboxylic acids is 2. The minimum atomic E-state index is -0.0910. The molecule has 0 spiro atoms. The SMILES string of the molecule is Cc1ccc(C)c(OCCC(=O)NC2CCN(C(=O)c3ccco3)CC2)c1. The number of amides is 2. The van der Waals surface area contributed by atoms with Crippen molar-refractivity contribution < 1.29 is 18.7 Å². The van der Waals surface area contributed by atoms with Gasteiger partial charge in [0.1, 0.15) is 5.75 Å². The number of hydrogen-bond acceptors (Lipinski definition) is 4. The summed E-state index contributed by atoms with van der Waals surface area (Å²) in [4.78, 5) is 26.2. The molecule has 6 nitrogen and oxygen atoms in total. The highest BCUT2D eigenvalue weighted by Gasteiger charge is 2.25. The Kier molecular flexibility index (Phi) is 6.16. The fraction of sp³-hybridized carbons (Fsp3) is 0.429. The molecule has 0 radical (unpaired) electrons. The van der Waals surface area contributed by atoms with E-state index in [0.717, 1.165) is 29.7 Å². The summed E-state index contributed by atoms with van der Waals surface area (Å²) < 4.78 is 10.9. The van der Waals surface area contributed by atoms with Crippen molar-refractivity contribution in [3.05, 3.63) is 53.5 Å². The molecule has 1 aromatic carbocycles. The highest BCUT2D eigenvalue weighted by Crippen LogP contribution is 2.19. The van der Waals surface area contributed by atoms with Gasteiger partial charge in [0.25, 0.3) is 5.91 Å². The van der Waals surface area contributed by atoms with E-state index in [0.29, 0.717) is 31.9 Å². The van der Waals surface area contributed by atoms with E-state index in [1.165, 1.54) is 6.26 Å². The molecule has 3 rings (SSSR count). The third-order valence-corrected chi connectivity index (χ3v) is 4.81. The van der Waals surface area contributed by atoms with Crippen LogP contribution in [0.4, 0.5) is 0 Å². The zero-order chi connectivity index (χ0) is 19.2. The Morgan fingerprint density at radius 1 is 1.22 bits per heavy atom. The van der Waals surface area contributed by atoms with Crippen molar-refractivity contribution in [1.29, 1.82) is 0 Å². The monoisotopic (exact) mass is 370 g/mol. The molecule has 2 amide bonds. The van der Waals surface area contributed by atoms with Gasteiger partial charge in [0.15, 0.2) is 5.76 Å². The number of nitrogens with zero attached hydrogens (tertiary/aromatic N) is 1. The van der Waals surface area contributed by atoms with Crippen molar-refractivity contribution >= 4 is 11.8 Å². The Balaban J connectivity index is 1.38. The lowest BCUT2D eigenvalue weighted by atomic mass is 10.0. The second-order valence-corrected chi connectivity index (χ2v) is 6.98. The first-order valence-electron chi connectivity index (χ1n) is 9.35. The third-order valence-electron chi connectivity index (χ3n) is 4.81. The molecule has 2 heterocycles. The van der Waals surface area contributed by atoms with Crippen molar-refractivity contribution in [2.75, 3.05) is 19.7 Å². The molecule has 0 saturated carbocycles. The van der Waals surface area contributed by atoms with Gasteiger partial charge in [-0.05, 0) is 56.0 Å². The van der Waals surface area contributed by atoms with Gasteiger partial charge >= 0.3 is 0 Å². The van der Waals surface area contributed by atoms with Crippen LogP contribution in [-0.4, -0.2) is 42.5 Å². The number of nitrogens with one attached hydrogen (secondary N) is 1. The largest absolute Gasteiger partial charge is 0.493 e. The molecule has 1 aromatic heterocycles. The van der Waals surface area contributed by atoms with E-state index in [-0.39, 0.29) is 17.9 Å². The summed E-state index contributed by atoms with van der Waals surface area (Å²) in [6.07, 6.45) is 3.31. The maximum atomic E-state index is 12.2. The average molecular weight is 370 g/mol. The molecule has 27 heavy (non-hydrogen) atoms. The molecule has 1 N–H and O–H groups in total. The minimum Gasteiger partial charge on any atom is -0.493 e. The van der Waals surface area contributed by atoms with Crippen LogP contribution in [0.2, 0.25) is 0 Å². The molecule has 2 aromatic rings. The van der Waals surface area contributed by atoms with Crippen LogP contribution in [0.15, 0.2) is 41.0 Å².